The molecule has 0 saturated carbocycles. The maximum Gasteiger partial charge on any atom is 0.293 e. The zero-order valence-electron chi connectivity index (χ0n) is 15.2. The van der Waals surface area contributed by atoms with Gasteiger partial charge in [-0.05, 0) is 46.3 Å². The first-order valence-electron chi connectivity index (χ1n) is 8.70. The van der Waals surface area contributed by atoms with Crippen LogP contribution in [-0.2, 0) is 11.3 Å². The molecule has 150 valence electrons. The maximum atomic E-state index is 12.8. The second kappa shape index (κ2) is 8.10. The molecule has 0 unspecified atom stereocenters. The van der Waals surface area contributed by atoms with Gasteiger partial charge in [0, 0.05) is 16.7 Å². The molecule has 0 aromatic heterocycles. The Morgan fingerprint density at radius 3 is 2.47 bits per heavy atom. The summed E-state index contributed by atoms with van der Waals surface area (Å²) in [5, 5.41) is 12.8. The first kappa shape index (κ1) is 20.4. The van der Waals surface area contributed by atoms with Crippen molar-refractivity contribution in [2.45, 2.75) is 6.54 Å². The van der Waals surface area contributed by atoms with Crippen molar-refractivity contribution < 1.29 is 14.5 Å². The molecular weight excluding hydrogens is 447 g/mol. The fourth-order valence-electron chi connectivity index (χ4n) is 3.10. The molecule has 30 heavy (non-hydrogen) atoms. The molecule has 0 bridgehead atoms. The van der Waals surface area contributed by atoms with E-state index in [-0.39, 0.29) is 32.7 Å². The van der Waals surface area contributed by atoms with Crippen LogP contribution in [0.1, 0.15) is 11.1 Å². The fraction of sp³-hybridized carbons (Fsp3) is 0.0476. The zero-order chi connectivity index (χ0) is 21.4. The van der Waals surface area contributed by atoms with Crippen molar-refractivity contribution in [1.82, 2.24) is 4.90 Å². The highest BCUT2D eigenvalue weighted by atomic mass is 35.5. The summed E-state index contributed by atoms with van der Waals surface area (Å²) < 4.78 is 0. The number of nitro groups is 1. The third kappa shape index (κ3) is 3.92. The van der Waals surface area contributed by atoms with Gasteiger partial charge in [-0.25, -0.2) is 0 Å². The number of benzene rings is 3. The second-order valence-electron chi connectivity index (χ2n) is 6.53. The highest BCUT2D eigenvalue weighted by Crippen LogP contribution is 2.37. The van der Waals surface area contributed by atoms with Crippen molar-refractivity contribution in [2.24, 2.45) is 0 Å². The molecular formula is C21H12Cl2N2O4S. The number of nitro benzene ring substituents is 1. The predicted octanol–water partition coefficient (Wildman–Crippen LogP) is 6.29. The van der Waals surface area contributed by atoms with Gasteiger partial charge in [0.2, 0.25) is 0 Å². The van der Waals surface area contributed by atoms with E-state index < -0.39 is 16.1 Å². The van der Waals surface area contributed by atoms with E-state index in [1.54, 1.807) is 0 Å². The number of rotatable bonds is 4. The molecule has 0 atom stereocenters. The van der Waals surface area contributed by atoms with Crippen molar-refractivity contribution >= 4 is 68.6 Å². The van der Waals surface area contributed by atoms with Gasteiger partial charge in [-0.15, -0.1) is 0 Å². The Morgan fingerprint density at radius 2 is 1.73 bits per heavy atom. The van der Waals surface area contributed by atoms with E-state index in [0.29, 0.717) is 0 Å². The molecule has 1 fully saturated rings. The lowest BCUT2D eigenvalue weighted by molar-refractivity contribution is -0.384. The van der Waals surface area contributed by atoms with Crippen molar-refractivity contribution in [3.63, 3.8) is 0 Å². The molecule has 1 aliphatic rings. The summed E-state index contributed by atoms with van der Waals surface area (Å²) in [7, 11) is 0. The standard InChI is InChI=1S/C21H12Cl2N2O4S/c22-16-10-17(23)18(25(28)29)8-15(16)9-19-20(26)24(21(27)30-19)11-12-5-6-13-3-1-2-4-14(13)7-12/h1-10H,11H2/b19-9-. The number of halogens is 2. The second-order valence-corrected chi connectivity index (χ2v) is 8.34. The summed E-state index contributed by atoms with van der Waals surface area (Å²) in [5.41, 5.74) is 0.726. The average Bonchev–Trinajstić information content (AvgIpc) is 2.97. The van der Waals surface area contributed by atoms with Gasteiger partial charge in [-0.2, -0.15) is 0 Å². The average molecular weight is 459 g/mol. The van der Waals surface area contributed by atoms with Crippen molar-refractivity contribution in [3.8, 4) is 0 Å². The summed E-state index contributed by atoms with van der Waals surface area (Å²) in [4.78, 5) is 37.0. The predicted molar refractivity (Wildman–Crippen MR) is 119 cm³/mol. The Labute approximate surface area is 185 Å². The summed E-state index contributed by atoms with van der Waals surface area (Å²) in [6.45, 7) is 0.126. The van der Waals surface area contributed by atoms with E-state index in [1.165, 1.54) is 18.2 Å². The molecule has 0 spiro atoms. The Balaban J connectivity index is 1.62. The lowest BCUT2D eigenvalue weighted by Gasteiger charge is -2.13. The van der Waals surface area contributed by atoms with Crippen LogP contribution < -0.4 is 0 Å². The molecule has 1 saturated heterocycles. The van der Waals surface area contributed by atoms with Crippen LogP contribution in [0.5, 0.6) is 0 Å². The summed E-state index contributed by atoms with van der Waals surface area (Å²) in [6, 6.07) is 16.0. The van der Waals surface area contributed by atoms with E-state index in [9.17, 15) is 19.7 Å². The number of fused-ring (bicyclic) bond motifs is 1. The summed E-state index contributed by atoms with van der Waals surface area (Å²) in [5.74, 6) is -0.480. The summed E-state index contributed by atoms with van der Waals surface area (Å²) in [6.07, 6.45) is 1.37. The molecule has 9 heteroatoms. The molecule has 6 nitrogen and oxygen atoms in total. The smallest absolute Gasteiger partial charge is 0.268 e. The molecule has 0 aliphatic carbocycles. The SMILES string of the molecule is O=C1S/C(=C\c2cc([N+](=O)[O-])c(Cl)cc2Cl)C(=O)N1Cc1ccc2ccccc2c1. The normalized spacial score (nSPS) is 15.4. The minimum Gasteiger partial charge on any atom is -0.268 e. The Kier molecular flexibility index (Phi) is 5.51. The number of thioether (sulfide) groups is 1. The third-order valence-electron chi connectivity index (χ3n) is 4.58. The van der Waals surface area contributed by atoms with Crippen molar-refractivity contribution in [3.05, 3.63) is 90.8 Å². The van der Waals surface area contributed by atoms with Crippen LogP contribution in [0.2, 0.25) is 10.0 Å². The lowest BCUT2D eigenvalue weighted by atomic mass is 10.1. The van der Waals surface area contributed by atoms with Gasteiger partial charge >= 0.3 is 0 Å². The Morgan fingerprint density at radius 1 is 1.00 bits per heavy atom. The zero-order valence-corrected chi connectivity index (χ0v) is 17.5. The quantitative estimate of drug-likeness (QED) is 0.260. The number of hydrogen-bond donors (Lipinski definition) is 0. The number of hydrogen-bond acceptors (Lipinski definition) is 5. The highest BCUT2D eigenvalue weighted by Gasteiger charge is 2.35. The number of carbonyl (C=O) groups excluding carboxylic acids is 2. The van der Waals surface area contributed by atoms with E-state index in [2.05, 4.69) is 0 Å². The maximum absolute atomic E-state index is 12.8. The molecule has 1 aliphatic heterocycles. The molecule has 0 N–H and O–H groups in total. The van der Waals surface area contributed by atoms with E-state index in [1.807, 2.05) is 42.5 Å². The lowest BCUT2D eigenvalue weighted by Crippen LogP contribution is -2.27. The first-order chi connectivity index (χ1) is 14.3. The summed E-state index contributed by atoms with van der Waals surface area (Å²) >= 11 is 12.7. The van der Waals surface area contributed by atoms with Gasteiger partial charge < -0.3 is 0 Å². The molecule has 1 heterocycles. The van der Waals surface area contributed by atoms with Gasteiger partial charge in [-0.1, -0.05) is 59.6 Å². The number of amides is 2. The molecule has 3 aromatic carbocycles. The van der Waals surface area contributed by atoms with Crippen LogP contribution in [0.25, 0.3) is 16.8 Å². The van der Waals surface area contributed by atoms with Gasteiger partial charge in [0.1, 0.15) is 5.02 Å². The first-order valence-corrected chi connectivity index (χ1v) is 10.3. The minimum atomic E-state index is -0.637. The number of nitrogens with zero attached hydrogens (tertiary/aromatic N) is 2. The van der Waals surface area contributed by atoms with Gasteiger partial charge in [0.25, 0.3) is 16.8 Å². The van der Waals surface area contributed by atoms with E-state index in [0.717, 1.165) is 33.0 Å². The van der Waals surface area contributed by atoms with Crippen molar-refractivity contribution in [2.75, 3.05) is 0 Å². The van der Waals surface area contributed by atoms with E-state index >= 15 is 0 Å². The van der Waals surface area contributed by atoms with Crippen LogP contribution in [-0.4, -0.2) is 21.0 Å². The highest BCUT2D eigenvalue weighted by molar-refractivity contribution is 8.18. The van der Waals surface area contributed by atoms with Crippen LogP contribution in [0.3, 0.4) is 0 Å². The molecule has 4 rings (SSSR count). The van der Waals surface area contributed by atoms with Gasteiger partial charge in [0.05, 0.1) is 16.4 Å². The number of imide groups is 1. The fourth-order valence-corrected chi connectivity index (χ4v) is 4.44. The van der Waals surface area contributed by atoms with E-state index in [4.69, 9.17) is 23.2 Å². The molecule has 2 amide bonds. The van der Waals surface area contributed by atoms with Gasteiger partial charge in [0.15, 0.2) is 0 Å². The van der Waals surface area contributed by atoms with Crippen LogP contribution in [0.15, 0.2) is 59.5 Å². The Hall–Kier alpha value is -2.87. The largest absolute Gasteiger partial charge is 0.293 e. The minimum absolute atomic E-state index is 0.105. The monoisotopic (exact) mass is 458 g/mol. The Bertz CT molecular complexity index is 1260. The van der Waals surface area contributed by atoms with Gasteiger partial charge in [-0.3, -0.25) is 24.6 Å². The third-order valence-corrected chi connectivity index (χ3v) is 6.12. The molecule has 0 radical (unpaired) electrons. The van der Waals surface area contributed by atoms with Crippen LogP contribution in [0.4, 0.5) is 10.5 Å². The topological polar surface area (TPSA) is 80.5 Å². The van der Waals surface area contributed by atoms with Crippen LogP contribution in [0, 0.1) is 10.1 Å². The van der Waals surface area contributed by atoms with Crippen molar-refractivity contribution in [1.29, 1.82) is 0 Å². The van der Waals surface area contributed by atoms with Crippen LogP contribution >= 0.6 is 35.0 Å². The molecule has 3 aromatic rings. The number of carbonyl (C=O) groups is 2.